The zero-order valence-corrected chi connectivity index (χ0v) is 13.7. The fourth-order valence-corrected chi connectivity index (χ4v) is 2.93. The summed E-state index contributed by atoms with van der Waals surface area (Å²) in [5.41, 5.74) is 1.78. The van der Waals surface area contributed by atoms with Crippen molar-refractivity contribution in [3.05, 3.63) is 65.2 Å². The van der Waals surface area contributed by atoms with Crippen LogP contribution in [-0.2, 0) is 4.74 Å². The third-order valence-electron chi connectivity index (χ3n) is 3.79. The van der Waals surface area contributed by atoms with E-state index in [0.29, 0.717) is 23.8 Å². The first kappa shape index (κ1) is 15.8. The first-order valence-electron chi connectivity index (χ1n) is 7.64. The fraction of sp³-hybridized carbons (Fsp3) is 0.278. The number of anilines is 1. The molecule has 2 aromatic rings. The van der Waals surface area contributed by atoms with Gasteiger partial charge in [-0.15, -0.1) is 0 Å². The second kappa shape index (κ2) is 7.02. The monoisotopic (exact) mass is 330 g/mol. The van der Waals surface area contributed by atoms with E-state index in [2.05, 4.69) is 5.32 Å². The highest BCUT2D eigenvalue weighted by Crippen LogP contribution is 2.25. The van der Waals surface area contributed by atoms with Gasteiger partial charge in [0.05, 0.1) is 12.6 Å². The van der Waals surface area contributed by atoms with Crippen LogP contribution in [0.2, 0.25) is 5.02 Å². The van der Waals surface area contributed by atoms with Gasteiger partial charge in [0.2, 0.25) is 0 Å². The molecule has 1 saturated heterocycles. The lowest BCUT2D eigenvalue weighted by Gasteiger charge is -2.37. The van der Waals surface area contributed by atoms with Gasteiger partial charge in [-0.1, -0.05) is 48.0 Å². The van der Waals surface area contributed by atoms with Crippen molar-refractivity contribution < 1.29 is 9.53 Å². The Labute approximate surface area is 141 Å². The molecule has 23 heavy (non-hydrogen) atoms. The third-order valence-corrected chi connectivity index (χ3v) is 4.03. The number of hydrogen-bond acceptors (Lipinski definition) is 2. The van der Waals surface area contributed by atoms with Crippen molar-refractivity contribution in [2.45, 2.75) is 19.1 Å². The Kier molecular flexibility index (Phi) is 4.84. The second-order valence-electron chi connectivity index (χ2n) is 5.69. The number of benzene rings is 2. The molecule has 3 rings (SSSR count). The van der Waals surface area contributed by atoms with E-state index in [1.54, 1.807) is 17.0 Å². The molecule has 1 heterocycles. The summed E-state index contributed by atoms with van der Waals surface area (Å²) in [6, 6.07) is 17.0. The zero-order valence-electron chi connectivity index (χ0n) is 12.9. The van der Waals surface area contributed by atoms with Gasteiger partial charge >= 0.3 is 6.03 Å². The van der Waals surface area contributed by atoms with Crippen LogP contribution in [-0.4, -0.2) is 30.1 Å². The predicted molar refractivity (Wildman–Crippen MR) is 91.8 cm³/mol. The summed E-state index contributed by atoms with van der Waals surface area (Å²) >= 11 is 5.96. The van der Waals surface area contributed by atoms with E-state index in [0.717, 1.165) is 5.56 Å². The van der Waals surface area contributed by atoms with Gasteiger partial charge in [-0.2, -0.15) is 0 Å². The minimum absolute atomic E-state index is 0.0148. The summed E-state index contributed by atoms with van der Waals surface area (Å²) in [5, 5.41) is 3.49. The van der Waals surface area contributed by atoms with Crippen molar-refractivity contribution in [3.8, 4) is 0 Å². The SMILES string of the molecule is CC1CN(C(=O)Nc2cccc(Cl)c2)CC(c2ccccc2)O1. The molecule has 2 unspecified atom stereocenters. The molecule has 0 saturated carbocycles. The third kappa shape index (κ3) is 4.03. The van der Waals surface area contributed by atoms with E-state index in [-0.39, 0.29) is 18.2 Å². The van der Waals surface area contributed by atoms with Crippen molar-refractivity contribution >= 4 is 23.3 Å². The van der Waals surface area contributed by atoms with E-state index in [9.17, 15) is 4.79 Å². The quantitative estimate of drug-likeness (QED) is 0.890. The molecule has 2 amide bonds. The summed E-state index contributed by atoms with van der Waals surface area (Å²) in [5.74, 6) is 0. The zero-order chi connectivity index (χ0) is 16.2. The van der Waals surface area contributed by atoms with E-state index in [4.69, 9.17) is 16.3 Å². The number of morpholine rings is 1. The summed E-state index contributed by atoms with van der Waals surface area (Å²) in [6.45, 7) is 3.07. The van der Waals surface area contributed by atoms with Crippen LogP contribution in [0.4, 0.5) is 10.5 Å². The van der Waals surface area contributed by atoms with Crippen molar-refractivity contribution in [2.24, 2.45) is 0 Å². The molecular formula is C18H19ClN2O2. The Bertz CT molecular complexity index is 678. The van der Waals surface area contributed by atoms with Gasteiger partial charge < -0.3 is 15.0 Å². The number of amides is 2. The van der Waals surface area contributed by atoms with Gasteiger partial charge in [0.25, 0.3) is 0 Å². The number of ether oxygens (including phenoxy) is 1. The van der Waals surface area contributed by atoms with Gasteiger partial charge in [-0.25, -0.2) is 4.79 Å². The van der Waals surface area contributed by atoms with Crippen LogP contribution in [0.15, 0.2) is 54.6 Å². The maximum absolute atomic E-state index is 12.5. The maximum Gasteiger partial charge on any atom is 0.322 e. The summed E-state index contributed by atoms with van der Waals surface area (Å²) in [4.78, 5) is 14.3. The molecule has 0 aromatic heterocycles. The van der Waals surface area contributed by atoms with Crippen LogP contribution in [0.25, 0.3) is 0 Å². The number of urea groups is 1. The Morgan fingerprint density at radius 3 is 2.70 bits per heavy atom. The molecule has 1 fully saturated rings. The Morgan fingerprint density at radius 1 is 1.17 bits per heavy atom. The number of nitrogens with one attached hydrogen (secondary N) is 1. The van der Waals surface area contributed by atoms with Crippen LogP contribution in [0, 0.1) is 0 Å². The first-order valence-corrected chi connectivity index (χ1v) is 8.01. The number of rotatable bonds is 2. The second-order valence-corrected chi connectivity index (χ2v) is 6.13. The van der Waals surface area contributed by atoms with E-state index < -0.39 is 0 Å². The predicted octanol–water partition coefficient (Wildman–Crippen LogP) is 4.33. The summed E-state index contributed by atoms with van der Waals surface area (Å²) in [6.07, 6.45) is -0.121. The number of carbonyl (C=O) groups is 1. The van der Waals surface area contributed by atoms with Crippen molar-refractivity contribution in [3.63, 3.8) is 0 Å². The lowest BCUT2D eigenvalue weighted by atomic mass is 10.1. The highest BCUT2D eigenvalue weighted by atomic mass is 35.5. The molecule has 0 spiro atoms. The van der Waals surface area contributed by atoms with Crippen LogP contribution in [0.5, 0.6) is 0 Å². The summed E-state index contributed by atoms with van der Waals surface area (Å²) < 4.78 is 5.98. The number of halogens is 1. The summed E-state index contributed by atoms with van der Waals surface area (Å²) in [7, 11) is 0. The standard InChI is InChI=1S/C18H19ClN2O2/c1-13-11-21(12-17(23-13)14-6-3-2-4-7-14)18(22)20-16-9-5-8-15(19)10-16/h2-10,13,17H,11-12H2,1H3,(H,20,22). The largest absolute Gasteiger partial charge is 0.367 e. The molecular weight excluding hydrogens is 312 g/mol. The van der Waals surface area contributed by atoms with Crippen LogP contribution in [0.3, 0.4) is 0 Å². The topological polar surface area (TPSA) is 41.6 Å². The van der Waals surface area contributed by atoms with E-state index in [1.165, 1.54) is 0 Å². The Hall–Kier alpha value is -2.04. The van der Waals surface area contributed by atoms with Gasteiger partial charge in [0.15, 0.2) is 0 Å². The van der Waals surface area contributed by atoms with E-state index >= 15 is 0 Å². The minimum atomic E-state index is -0.136. The number of carbonyl (C=O) groups excluding carboxylic acids is 1. The molecule has 2 aromatic carbocycles. The lowest BCUT2D eigenvalue weighted by Crippen LogP contribution is -2.47. The van der Waals surface area contributed by atoms with Crippen LogP contribution >= 0.6 is 11.6 Å². The smallest absolute Gasteiger partial charge is 0.322 e. The molecule has 1 aliphatic heterocycles. The highest BCUT2D eigenvalue weighted by Gasteiger charge is 2.29. The Balaban J connectivity index is 1.70. The lowest BCUT2D eigenvalue weighted by molar-refractivity contribution is -0.0642. The molecule has 0 radical (unpaired) electrons. The molecule has 0 bridgehead atoms. The molecule has 1 N–H and O–H groups in total. The van der Waals surface area contributed by atoms with Gasteiger partial charge in [0, 0.05) is 17.3 Å². The normalized spacial score (nSPS) is 21.0. The number of nitrogens with zero attached hydrogens (tertiary/aromatic N) is 1. The number of hydrogen-bond donors (Lipinski definition) is 1. The molecule has 2 atom stereocenters. The molecule has 1 aliphatic rings. The van der Waals surface area contributed by atoms with Crippen molar-refractivity contribution in [1.29, 1.82) is 0 Å². The van der Waals surface area contributed by atoms with Gasteiger partial charge in [-0.05, 0) is 30.7 Å². The van der Waals surface area contributed by atoms with Crippen molar-refractivity contribution in [1.82, 2.24) is 4.90 Å². The Morgan fingerprint density at radius 2 is 1.96 bits per heavy atom. The van der Waals surface area contributed by atoms with Gasteiger partial charge in [-0.3, -0.25) is 0 Å². The highest BCUT2D eigenvalue weighted by molar-refractivity contribution is 6.30. The fourth-order valence-electron chi connectivity index (χ4n) is 2.74. The molecule has 0 aliphatic carbocycles. The average Bonchev–Trinajstić information content (AvgIpc) is 2.55. The maximum atomic E-state index is 12.5. The van der Waals surface area contributed by atoms with Crippen LogP contribution < -0.4 is 5.32 Å². The van der Waals surface area contributed by atoms with E-state index in [1.807, 2.05) is 49.4 Å². The minimum Gasteiger partial charge on any atom is -0.367 e. The van der Waals surface area contributed by atoms with Crippen molar-refractivity contribution in [2.75, 3.05) is 18.4 Å². The molecule has 4 nitrogen and oxygen atoms in total. The average molecular weight is 331 g/mol. The van der Waals surface area contributed by atoms with Crippen LogP contribution in [0.1, 0.15) is 18.6 Å². The molecule has 5 heteroatoms. The van der Waals surface area contributed by atoms with Gasteiger partial charge in [0.1, 0.15) is 6.10 Å². The molecule has 120 valence electrons. The first-order chi connectivity index (χ1) is 11.1.